The number of anilines is 1. The largest absolute Gasteiger partial charge is 0.399 e. The minimum Gasteiger partial charge on any atom is -0.399 e. The lowest BCUT2D eigenvalue weighted by molar-refractivity contribution is 0.523. The molecule has 2 rings (SSSR count). The Morgan fingerprint density at radius 1 is 1.00 bits per heavy atom. The summed E-state index contributed by atoms with van der Waals surface area (Å²) in [5, 5.41) is 0. The second kappa shape index (κ2) is 6.42. The fraction of sp³-hybridized carbons (Fsp3) is 0.333. The molecule has 0 aliphatic heterocycles. The third kappa shape index (κ3) is 3.60. The highest BCUT2D eigenvalue weighted by molar-refractivity contribution is 5.67. The van der Waals surface area contributed by atoms with E-state index in [1.807, 2.05) is 12.1 Å². The van der Waals surface area contributed by atoms with Gasteiger partial charge in [0.2, 0.25) is 0 Å². The topological polar surface area (TPSA) is 26.0 Å². The molecule has 0 radical (unpaired) electrons. The summed E-state index contributed by atoms with van der Waals surface area (Å²) in [6.45, 7) is 4.54. The van der Waals surface area contributed by atoms with Crippen molar-refractivity contribution in [3.63, 3.8) is 0 Å². The van der Waals surface area contributed by atoms with Gasteiger partial charge in [-0.05, 0) is 41.2 Å². The van der Waals surface area contributed by atoms with Crippen molar-refractivity contribution >= 4 is 5.69 Å². The Kier molecular flexibility index (Phi) is 4.62. The first-order valence-corrected chi connectivity index (χ1v) is 7.14. The minimum absolute atomic E-state index is 0.693. The van der Waals surface area contributed by atoms with Crippen LogP contribution in [0.4, 0.5) is 5.69 Å². The normalized spacial score (nSPS) is 12.3. The molecule has 0 bridgehead atoms. The van der Waals surface area contributed by atoms with Crippen molar-refractivity contribution < 1.29 is 0 Å². The van der Waals surface area contributed by atoms with Gasteiger partial charge in [-0.15, -0.1) is 0 Å². The van der Waals surface area contributed by atoms with Gasteiger partial charge in [-0.2, -0.15) is 0 Å². The van der Waals surface area contributed by atoms with Gasteiger partial charge >= 0.3 is 0 Å². The molecule has 1 heteroatoms. The molecule has 0 aliphatic rings. The smallest absolute Gasteiger partial charge is 0.0347 e. The summed E-state index contributed by atoms with van der Waals surface area (Å²) in [6.07, 6.45) is 3.56. The molecule has 2 aromatic carbocycles. The SMILES string of the molecule is CCCC(C)Cc1cc(-c2ccccc2)ccc1N. The van der Waals surface area contributed by atoms with Gasteiger partial charge < -0.3 is 5.73 Å². The molecule has 0 aliphatic carbocycles. The Hall–Kier alpha value is -1.76. The molecule has 0 aromatic heterocycles. The van der Waals surface area contributed by atoms with Gasteiger partial charge in [0.15, 0.2) is 0 Å². The Balaban J connectivity index is 2.25. The van der Waals surface area contributed by atoms with Crippen LogP contribution in [-0.2, 0) is 6.42 Å². The molecule has 0 spiro atoms. The molecule has 1 nitrogen and oxygen atoms in total. The van der Waals surface area contributed by atoms with Gasteiger partial charge in [-0.3, -0.25) is 0 Å². The van der Waals surface area contributed by atoms with Crippen molar-refractivity contribution in [3.05, 3.63) is 54.1 Å². The molecule has 19 heavy (non-hydrogen) atoms. The van der Waals surface area contributed by atoms with E-state index in [4.69, 9.17) is 5.73 Å². The predicted octanol–water partition coefficient (Wildman–Crippen LogP) is 4.91. The van der Waals surface area contributed by atoms with Crippen molar-refractivity contribution in [1.82, 2.24) is 0 Å². The van der Waals surface area contributed by atoms with Crippen molar-refractivity contribution in [2.75, 3.05) is 5.73 Å². The Labute approximate surface area is 116 Å². The fourth-order valence-electron chi connectivity index (χ4n) is 2.56. The van der Waals surface area contributed by atoms with Crippen molar-refractivity contribution in [3.8, 4) is 11.1 Å². The second-order valence-electron chi connectivity index (χ2n) is 5.38. The van der Waals surface area contributed by atoms with Gasteiger partial charge in [0, 0.05) is 5.69 Å². The second-order valence-corrected chi connectivity index (χ2v) is 5.38. The molecule has 0 saturated heterocycles. The number of rotatable bonds is 5. The molecule has 0 amide bonds. The van der Waals surface area contributed by atoms with E-state index >= 15 is 0 Å². The third-order valence-electron chi connectivity index (χ3n) is 3.60. The average molecular weight is 253 g/mol. The van der Waals surface area contributed by atoms with E-state index < -0.39 is 0 Å². The number of nitrogen functional groups attached to an aromatic ring is 1. The zero-order chi connectivity index (χ0) is 13.7. The van der Waals surface area contributed by atoms with Crippen molar-refractivity contribution in [2.24, 2.45) is 5.92 Å². The van der Waals surface area contributed by atoms with Crippen LogP contribution in [0.25, 0.3) is 11.1 Å². The molecular formula is C18H23N. The molecular weight excluding hydrogens is 230 g/mol. The summed E-state index contributed by atoms with van der Waals surface area (Å²) in [5.41, 5.74) is 10.8. The lowest BCUT2D eigenvalue weighted by Crippen LogP contribution is -2.03. The highest BCUT2D eigenvalue weighted by Gasteiger charge is 2.07. The Morgan fingerprint density at radius 2 is 1.74 bits per heavy atom. The summed E-state index contributed by atoms with van der Waals surface area (Å²) >= 11 is 0. The van der Waals surface area contributed by atoms with E-state index in [0.29, 0.717) is 5.92 Å². The van der Waals surface area contributed by atoms with Crippen LogP contribution in [0.2, 0.25) is 0 Å². The lowest BCUT2D eigenvalue weighted by Gasteiger charge is -2.13. The number of benzene rings is 2. The monoisotopic (exact) mass is 253 g/mol. The molecule has 0 saturated carbocycles. The van der Waals surface area contributed by atoms with Crippen LogP contribution in [0.5, 0.6) is 0 Å². The van der Waals surface area contributed by atoms with E-state index in [2.05, 4.69) is 50.2 Å². The van der Waals surface area contributed by atoms with E-state index in [-0.39, 0.29) is 0 Å². The predicted molar refractivity (Wildman–Crippen MR) is 84.1 cm³/mol. The van der Waals surface area contributed by atoms with Crippen LogP contribution in [0.3, 0.4) is 0 Å². The molecule has 2 aromatic rings. The summed E-state index contributed by atoms with van der Waals surface area (Å²) in [5.74, 6) is 0.693. The van der Waals surface area contributed by atoms with Gasteiger partial charge in [-0.25, -0.2) is 0 Å². The van der Waals surface area contributed by atoms with E-state index in [1.54, 1.807) is 0 Å². The van der Waals surface area contributed by atoms with Gasteiger partial charge in [-0.1, -0.05) is 63.1 Å². The molecule has 2 N–H and O–H groups in total. The summed E-state index contributed by atoms with van der Waals surface area (Å²) in [6, 6.07) is 16.9. The van der Waals surface area contributed by atoms with Crippen LogP contribution >= 0.6 is 0 Å². The van der Waals surface area contributed by atoms with Crippen LogP contribution in [0.1, 0.15) is 32.3 Å². The highest BCUT2D eigenvalue weighted by Crippen LogP contribution is 2.26. The Bertz CT molecular complexity index is 516. The summed E-state index contributed by atoms with van der Waals surface area (Å²) < 4.78 is 0. The molecule has 100 valence electrons. The molecule has 1 atom stereocenters. The van der Waals surface area contributed by atoms with Crippen LogP contribution in [0.15, 0.2) is 48.5 Å². The van der Waals surface area contributed by atoms with Gasteiger partial charge in [0.05, 0.1) is 0 Å². The van der Waals surface area contributed by atoms with Crippen LogP contribution < -0.4 is 5.73 Å². The maximum Gasteiger partial charge on any atom is 0.0347 e. The number of hydrogen-bond donors (Lipinski definition) is 1. The number of hydrogen-bond acceptors (Lipinski definition) is 1. The van der Waals surface area contributed by atoms with Crippen LogP contribution in [-0.4, -0.2) is 0 Å². The van der Waals surface area contributed by atoms with Crippen LogP contribution in [0, 0.1) is 5.92 Å². The maximum absolute atomic E-state index is 6.11. The Morgan fingerprint density at radius 3 is 2.42 bits per heavy atom. The number of nitrogens with two attached hydrogens (primary N) is 1. The summed E-state index contributed by atoms with van der Waals surface area (Å²) in [4.78, 5) is 0. The third-order valence-corrected chi connectivity index (χ3v) is 3.60. The average Bonchev–Trinajstić information content (AvgIpc) is 2.42. The van der Waals surface area contributed by atoms with E-state index in [0.717, 1.165) is 12.1 Å². The maximum atomic E-state index is 6.11. The first kappa shape index (κ1) is 13.7. The lowest BCUT2D eigenvalue weighted by atomic mass is 9.93. The molecule has 0 fully saturated rings. The van der Waals surface area contributed by atoms with Crippen molar-refractivity contribution in [2.45, 2.75) is 33.1 Å². The standard InChI is InChI=1S/C18H23N/c1-3-7-14(2)12-17-13-16(10-11-18(17)19)15-8-5-4-6-9-15/h4-6,8-11,13-14H,3,7,12,19H2,1-2H3. The fourth-order valence-corrected chi connectivity index (χ4v) is 2.56. The zero-order valence-corrected chi connectivity index (χ0v) is 11.9. The first-order valence-electron chi connectivity index (χ1n) is 7.14. The van der Waals surface area contributed by atoms with Gasteiger partial charge in [0.1, 0.15) is 0 Å². The minimum atomic E-state index is 0.693. The van der Waals surface area contributed by atoms with Crippen molar-refractivity contribution in [1.29, 1.82) is 0 Å². The molecule has 1 unspecified atom stereocenters. The molecule has 0 heterocycles. The highest BCUT2D eigenvalue weighted by atomic mass is 14.6. The van der Waals surface area contributed by atoms with E-state index in [9.17, 15) is 0 Å². The van der Waals surface area contributed by atoms with E-state index in [1.165, 1.54) is 29.5 Å². The first-order chi connectivity index (χ1) is 9.20. The van der Waals surface area contributed by atoms with Gasteiger partial charge in [0.25, 0.3) is 0 Å². The summed E-state index contributed by atoms with van der Waals surface area (Å²) in [7, 11) is 0. The quantitative estimate of drug-likeness (QED) is 0.752. The zero-order valence-electron chi connectivity index (χ0n) is 11.9.